The molecule has 2 aromatic carbocycles. The number of carbonyl (C=O) groups excluding carboxylic acids is 3. The summed E-state index contributed by atoms with van der Waals surface area (Å²) in [6.45, 7) is -0.625. The maximum Gasteiger partial charge on any atom is 0.335 e. The predicted molar refractivity (Wildman–Crippen MR) is 115 cm³/mol. The van der Waals surface area contributed by atoms with Crippen molar-refractivity contribution in [3.8, 4) is 5.75 Å². The molecule has 32 heavy (non-hydrogen) atoms. The summed E-state index contributed by atoms with van der Waals surface area (Å²) in [7, 11) is 1.50. The zero-order valence-electron chi connectivity index (χ0n) is 16.5. The quantitative estimate of drug-likeness (QED) is 0.534. The maximum atomic E-state index is 12.6. The standard InChI is InChI=1S/C21H16N2O8S/c1-31-15-4-2-3-11(5-15)6-16-18(25)23(21(30)32-16)10-17(24)22-14-8-12(19(26)27)7-13(9-14)20(28)29/h2-9H,10H2,1H3,(H,22,24)(H,26,27)(H,28,29)/b16-6-. The van der Waals surface area contributed by atoms with E-state index in [-0.39, 0.29) is 21.7 Å². The number of hydrogen-bond donors (Lipinski definition) is 3. The lowest BCUT2D eigenvalue weighted by atomic mass is 10.1. The Labute approximate surface area is 185 Å². The van der Waals surface area contributed by atoms with Crippen molar-refractivity contribution in [2.45, 2.75) is 0 Å². The average Bonchev–Trinajstić information content (AvgIpc) is 3.00. The molecular weight excluding hydrogens is 440 g/mol. The molecule has 3 rings (SSSR count). The third-order valence-corrected chi connectivity index (χ3v) is 5.18. The SMILES string of the molecule is COc1cccc(/C=C2\SC(=O)N(CC(=O)Nc3cc(C(=O)O)cc(C(=O)O)c3)C2=O)c1. The third-order valence-electron chi connectivity index (χ3n) is 4.28. The summed E-state index contributed by atoms with van der Waals surface area (Å²) in [5.41, 5.74) is -0.141. The van der Waals surface area contributed by atoms with E-state index in [0.29, 0.717) is 23.1 Å². The van der Waals surface area contributed by atoms with E-state index in [1.54, 1.807) is 24.3 Å². The van der Waals surface area contributed by atoms with E-state index in [4.69, 9.17) is 14.9 Å². The molecule has 0 spiro atoms. The van der Waals surface area contributed by atoms with Gasteiger partial charge in [0.1, 0.15) is 12.3 Å². The van der Waals surface area contributed by atoms with Gasteiger partial charge in [0.15, 0.2) is 0 Å². The van der Waals surface area contributed by atoms with Crippen molar-refractivity contribution in [2.24, 2.45) is 0 Å². The first kappa shape index (κ1) is 22.6. The van der Waals surface area contributed by atoms with Crippen molar-refractivity contribution >= 4 is 52.5 Å². The van der Waals surface area contributed by atoms with Crippen LogP contribution in [-0.4, -0.2) is 57.8 Å². The lowest BCUT2D eigenvalue weighted by molar-refractivity contribution is -0.127. The average molecular weight is 456 g/mol. The second kappa shape index (κ2) is 9.35. The fourth-order valence-corrected chi connectivity index (χ4v) is 3.65. The molecule has 1 aliphatic rings. The van der Waals surface area contributed by atoms with E-state index >= 15 is 0 Å². The topological polar surface area (TPSA) is 150 Å². The summed E-state index contributed by atoms with van der Waals surface area (Å²) in [4.78, 5) is 60.5. The Morgan fingerprint density at radius 3 is 2.31 bits per heavy atom. The first-order valence-corrected chi connectivity index (χ1v) is 9.80. The highest BCUT2D eigenvalue weighted by Gasteiger charge is 2.36. The number of benzene rings is 2. The molecule has 0 unspecified atom stereocenters. The van der Waals surface area contributed by atoms with E-state index in [9.17, 15) is 24.0 Å². The van der Waals surface area contributed by atoms with Gasteiger partial charge >= 0.3 is 11.9 Å². The van der Waals surface area contributed by atoms with Gasteiger partial charge < -0.3 is 20.3 Å². The molecule has 1 saturated heterocycles. The molecule has 2 aromatic rings. The number of methoxy groups -OCH3 is 1. The number of rotatable bonds is 7. The van der Waals surface area contributed by atoms with Crippen LogP contribution in [0, 0.1) is 0 Å². The summed E-state index contributed by atoms with van der Waals surface area (Å²) in [6.07, 6.45) is 1.50. The van der Waals surface area contributed by atoms with Gasteiger partial charge in [-0.3, -0.25) is 19.3 Å². The molecule has 0 aromatic heterocycles. The van der Waals surface area contributed by atoms with Crippen LogP contribution in [0.15, 0.2) is 47.4 Å². The van der Waals surface area contributed by atoms with E-state index in [1.807, 2.05) is 0 Å². The van der Waals surface area contributed by atoms with E-state index in [1.165, 1.54) is 13.2 Å². The minimum atomic E-state index is -1.38. The summed E-state index contributed by atoms with van der Waals surface area (Å²) in [5.74, 6) is -3.64. The number of imide groups is 1. The van der Waals surface area contributed by atoms with Crippen molar-refractivity contribution < 1.29 is 38.9 Å². The van der Waals surface area contributed by atoms with Crippen molar-refractivity contribution in [2.75, 3.05) is 19.0 Å². The van der Waals surface area contributed by atoms with Crippen molar-refractivity contribution in [1.82, 2.24) is 4.90 Å². The van der Waals surface area contributed by atoms with Gasteiger partial charge in [0, 0.05) is 5.69 Å². The third kappa shape index (κ3) is 5.13. The second-order valence-corrected chi connectivity index (χ2v) is 7.50. The number of carboxylic acids is 2. The molecular formula is C21H16N2O8S. The highest BCUT2D eigenvalue weighted by molar-refractivity contribution is 8.18. The van der Waals surface area contributed by atoms with Gasteiger partial charge in [-0.05, 0) is 53.7 Å². The minimum Gasteiger partial charge on any atom is -0.497 e. The Morgan fingerprint density at radius 2 is 1.72 bits per heavy atom. The van der Waals surface area contributed by atoms with E-state index in [2.05, 4.69) is 5.32 Å². The van der Waals surface area contributed by atoms with Crippen LogP contribution in [0.4, 0.5) is 10.5 Å². The van der Waals surface area contributed by atoms with Crippen LogP contribution >= 0.6 is 11.8 Å². The molecule has 0 aliphatic carbocycles. The Kier molecular flexibility index (Phi) is 6.59. The van der Waals surface area contributed by atoms with Crippen molar-refractivity contribution in [1.29, 1.82) is 0 Å². The van der Waals surface area contributed by atoms with Gasteiger partial charge in [0.05, 0.1) is 23.1 Å². The number of amides is 3. The number of hydrogen-bond acceptors (Lipinski definition) is 7. The van der Waals surface area contributed by atoms with Gasteiger partial charge in [-0.2, -0.15) is 0 Å². The number of anilines is 1. The summed E-state index contributed by atoms with van der Waals surface area (Å²) >= 11 is 0.673. The smallest absolute Gasteiger partial charge is 0.335 e. The number of carboxylic acid groups (broad SMARTS) is 2. The number of nitrogens with one attached hydrogen (secondary N) is 1. The molecule has 1 aliphatic heterocycles. The Hall–Kier alpha value is -4.12. The molecule has 1 heterocycles. The minimum absolute atomic E-state index is 0.0915. The van der Waals surface area contributed by atoms with Crippen molar-refractivity contribution in [3.05, 3.63) is 64.1 Å². The van der Waals surface area contributed by atoms with E-state index < -0.39 is 35.5 Å². The number of thioether (sulfide) groups is 1. The molecule has 0 radical (unpaired) electrons. The van der Waals surface area contributed by atoms with Crippen LogP contribution in [0.25, 0.3) is 6.08 Å². The van der Waals surface area contributed by atoms with Gasteiger partial charge in [-0.1, -0.05) is 12.1 Å². The molecule has 164 valence electrons. The summed E-state index contributed by atoms with van der Waals surface area (Å²) in [5, 5.41) is 19.9. The van der Waals surface area contributed by atoms with Crippen LogP contribution in [-0.2, 0) is 9.59 Å². The largest absolute Gasteiger partial charge is 0.497 e. The van der Waals surface area contributed by atoms with Crippen LogP contribution in [0.2, 0.25) is 0 Å². The molecule has 3 N–H and O–H groups in total. The summed E-state index contributed by atoms with van der Waals surface area (Å²) in [6, 6.07) is 9.93. The molecule has 3 amide bonds. The van der Waals surface area contributed by atoms with Gasteiger partial charge in [0.2, 0.25) is 5.91 Å². The zero-order valence-corrected chi connectivity index (χ0v) is 17.3. The number of carbonyl (C=O) groups is 5. The fraction of sp³-hybridized carbons (Fsp3) is 0.0952. The van der Waals surface area contributed by atoms with Crippen LogP contribution in [0.5, 0.6) is 5.75 Å². The Balaban J connectivity index is 1.75. The van der Waals surface area contributed by atoms with Crippen molar-refractivity contribution in [3.63, 3.8) is 0 Å². The molecule has 1 fully saturated rings. The predicted octanol–water partition coefficient (Wildman–Crippen LogP) is 2.77. The highest BCUT2D eigenvalue weighted by atomic mass is 32.2. The normalized spacial score (nSPS) is 14.5. The first-order chi connectivity index (χ1) is 15.2. The van der Waals surface area contributed by atoms with Crippen LogP contribution in [0.1, 0.15) is 26.3 Å². The fourth-order valence-electron chi connectivity index (χ4n) is 2.81. The number of aromatic carboxylic acids is 2. The number of ether oxygens (including phenoxy) is 1. The first-order valence-electron chi connectivity index (χ1n) is 8.99. The molecule has 0 atom stereocenters. The lowest BCUT2D eigenvalue weighted by Crippen LogP contribution is -2.36. The van der Waals surface area contributed by atoms with Gasteiger partial charge in [0.25, 0.3) is 11.1 Å². The lowest BCUT2D eigenvalue weighted by Gasteiger charge is -2.13. The molecule has 0 saturated carbocycles. The number of nitrogens with zero attached hydrogens (tertiary/aromatic N) is 1. The zero-order chi connectivity index (χ0) is 23.4. The monoisotopic (exact) mass is 456 g/mol. The molecule has 0 bridgehead atoms. The summed E-state index contributed by atoms with van der Waals surface area (Å²) < 4.78 is 5.12. The molecule has 11 heteroatoms. The van der Waals surface area contributed by atoms with Crippen LogP contribution < -0.4 is 10.1 Å². The Morgan fingerprint density at radius 1 is 1.06 bits per heavy atom. The second-order valence-electron chi connectivity index (χ2n) is 6.50. The van der Waals surface area contributed by atoms with Gasteiger partial charge in [-0.15, -0.1) is 0 Å². The van der Waals surface area contributed by atoms with E-state index in [0.717, 1.165) is 23.1 Å². The molecule has 10 nitrogen and oxygen atoms in total. The van der Waals surface area contributed by atoms with Crippen LogP contribution in [0.3, 0.4) is 0 Å². The highest BCUT2D eigenvalue weighted by Crippen LogP contribution is 2.32. The Bertz CT molecular complexity index is 1140. The maximum absolute atomic E-state index is 12.6. The van der Waals surface area contributed by atoms with Gasteiger partial charge in [-0.25, -0.2) is 9.59 Å².